The van der Waals surface area contributed by atoms with Crippen molar-refractivity contribution in [3.05, 3.63) is 28.8 Å². The van der Waals surface area contributed by atoms with Gasteiger partial charge in [-0.15, -0.1) is 0 Å². The van der Waals surface area contributed by atoms with Crippen LogP contribution < -0.4 is 11.1 Å². The highest BCUT2D eigenvalue weighted by molar-refractivity contribution is 6.33. The molecule has 108 valence electrons. The Bertz CT molecular complexity index is 563. The number of hydrogen-bond donors (Lipinski definition) is 3. The minimum absolute atomic E-state index is 0.136. The van der Waals surface area contributed by atoms with Crippen LogP contribution in [0.3, 0.4) is 0 Å². The van der Waals surface area contributed by atoms with E-state index < -0.39 is 23.3 Å². The molecule has 0 radical (unpaired) electrons. The predicted octanol–water partition coefficient (Wildman–Crippen LogP) is 1.34. The topological polar surface area (TPSA) is 102 Å². The first kappa shape index (κ1) is 14.6. The van der Waals surface area contributed by atoms with Crippen molar-refractivity contribution in [1.29, 1.82) is 0 Å². The molecule has 6 nitrogen and oxygen atoms in total. The van der Waals surface area contributed by atoms with Crippen molar-refractivity contribution in [2.24, 2.45) is 11.1 Å². The largest absolute Gasteiger partial charge is 0.481 e. The van der Waals surface area contributed by atoms with E-state index in [1.807, 2.05) is 0 Å². The highest BCUT2D eigenvalue weighted by atomic mass is 35.5. The fourth-order valence-corrected chi connectivity index (χ4v) is 2.29. The van der Waals surface area contributed by atoms with Gasteiger partial charge in [0.25, 0.3) is 0 Å². The van der Waals surface area contributed by atoms with Gasteiger partial charge < -0.3 is 20.9 Å². The van der Waals surface area contributed by atoms with Gasteiger partial charge in [0.2, 0.25) is 5.91 Å². The SMILES string of the molecule is CC1(C(=O)O)COCC1Nc1ccc(C(N)=O)cc1Cl. The monoisotopic (exact) mass is 298 g/mol. The number of carboxylic acid groups (broad SMARTS) is 1. The first-order valence-corrected chi connectivity index (χ1v) is 6.39. The van der Waals surface area contributed by atoms with Gasteiger partial charge in [0.1, 0.15) is 5.41 Å². The van der Waals surface area contributed by atoms with Crippen LogP contribution in [0.25, 0.3) is 0 Å². The number of amides is 1. The lowest BCUT2D eigenvalue weighted by Crippen LogP contribution is -2.43. The Kier molecular flexibility index (Phi) is 3.87. The number of rotatable bonds is 4. The molecule has 1 aliphatic rings. The van der Waals surface area contributed by atoms with Crippen molar-refractivity contribution in [3.8, 4) is 0 Å². The van der Waals surface area contributed by atoms with E-state index in [2.05, 4.69) is 5.32 Å². The number of halogens is 1. The van der Waals surface area contributed by atoms with E-state index in [1.165, 1.54) is 12.1 Å². The number of nitrogens with two attached hydrogens (primary N) is 1. The highest BCUT2D eigenvalue weighted by Crippen LogP contribution is 2.33. The molecule has 1 amide bonds. The van der Waals surface area contributed by atoms with Crippen molar-refractivity contribution < 1.29 is 19.4 Å². The molecular weight excluding hydrogens is 284 g/mol. The molecular formula is C13H15ClN2O4. The van der Waals surface area contributed by atoms with Crippen molar-refractivity contribution in [2.75, 3.05) is 18.5 Å². The molecule has 0 spiro atoms. The second kappa shape index (κ2) is 5.30. The lowest BCUT2D eigenvalue weighted by molar-refractivity contribution is -0.148. The summed E-state index contributed by atoms with van der Waals surface area (Å²) in [7, 11) is 0. The Labute approximate surface area is 120 Å². The van der Waals surface area contributed by atoms with Crippen LogP contribution >= 0.6 is 11.6 Å². The van der Waals surface area contributed by atoms with E-state index >= 15 is 0 Å². The fourth-order valence-electron chi connectivity index (χ4n) is 2.06. The molecule has 2 unspecified atom stereocenters. The standard InChI is InChI=1S/C13H15ClN2O4/c1-13(12(18)19)6-20-5-10(13)16-9-3-2-7(11(15)17)4-8(9)14/h2-4,10,16H,5-6H2,1H3,(H2,15,17)(H,18,19). The Balaban J connectivity index is 2.22. The van der Waals surface area contributed by atoms with Gasteiger partial charge in [-0.1, -0.05) is 11.6 Å². The van der Waals surface area contributed by atoms with Crippen molar-refractivity contribution in [2.45, 2.75) is 13.0 Å². The number of carbonyl (C=O) groups is 2. The van der Waals surface area contributed by atoms with Gasteiger partial charge in [-0.05, 0) is 25.1 Å². The third-order valence-electron chi connectivity index (χ3n) is 3.53. The van der Waals surface area contributed by atoms with Gasteiger partial charge in [-0.25, -0.2) is 0 Å². The summed E-state index contributed by atoms with van der Waals surface area (Å²) >= 11 is 6.07. The first-order chi connectivity index (χ1) is 9.34. The van der Waals surface area contributed by atoms with E-state index in [9.17, 15) is 14.7 Å². The molecule has 1 aliphatic heterocycles. The Morgan fingerprint density at radius 3 is 2.80 bits per heavy atom. The van der Waals surface area contributed by atoms with Gasteiger partial charge in [0.05, 0.1) is 30.0 Å². The van der Waals surface area contributed by atoms with Gasteiger partial charge in [-0.3, -0.25) is 9.59 Å². The Hall–Kier alpha value is -1.79. The summed E-state index contributed by atoms with van der Waals surface area (Å²) in [6.07, 6.45) is 0. The van der Waals surface area contributed by atoms with E-state index in [1.54, 1.807) is 13.0 Å². The van der Waals surface area contributed by atoms with Crippen LogP contribution in [0, 0.1) is 5.41 Å². The second-order valence-corrected chi connectivity index (χ2v) is 5.40. The molecule has 0 aliphatic carbocycles. The molecule has 1 aromatic rings. The molecule has 2 rings (SSSR count). The summed E-state index contributed by atoms with van der Waals surface area (Å²) in [5.74, 6) is -1.50. The quantitative estimate of drug-likeness (QED) is 0.778. The molecule has 0 saturated carbocycles. The third kappa shape index (κ3) is 2.57. The number of anilines is 1. The zero-order chi connectivity index (χ0) is 14.9. The number of primary amides is 1. The molecule has 1 aromatic carbocycles. The van der Waals surface area contributed by atoms with Crippen LogP contribution in [0.15, 0.2) is 18.2 Å². The van der Waals surface area contributed by atoms with E-state index in [0.29, 0.717) is 16.3 Å². The van der Waals surface area contributed by atoms with Crippen LogP contribution in [0.5, 0.6) is 0 Å². The lowest BCUT2D eigenvalue weighted by Gasteiger charge is -2.26. The predicted molar refractivity (Wildman–Crippen MR) is 73.9 cm³/mol. The second-order valence-electron chi connectivity index (χ2n) is 4.99. The molecule has 0 bridgehead atoms. The summed E-state index contributed by atoms with van der Waals surface area (Å²) in [5, 5.41) is 12.7. The maximum atomic E-state index is 11.3. The molecule has 2 atom stereocenters. The molecule has 1 fully saturated rings. The molecule has 7 heteroatoms. The van der Waals surface area contributed by atoms with Gasteiger partial charge in [0, 0.05) is 5.56 Å². The molecule has 0 aromatic heterocycles. The normalized spacial score (nSPS) is 25.4. The van der Waals surface area contributed by atoms with E-state index in [-0.39, 0.29) is 13.2 Å². The Morgan fingerprint density at radius 2 is 2.25 bits per heavy atom. The average molecular weight is 299 g/mol. The van der Waals surface area contributed by atoms with Gasteiger partial charge in [0.15, 0.2) is 0 Å². The summed E-state index contributed by atoms with van der Waals surface area (Å²) in [6, 6.07) is 4.17. The Morgan fingerprint density at radius 1 is 1.55 bits per heavy atom. The number of carbonyl (C=O) groups excluding carboxylic acids is 1. The van der Waals surface area contributed by atoms with Crippen molar-refractivity contribution in [3.63, 3.8) is 0 Å². The number of carboxylic acids is 1. The van der Waals surface area contributed by atoms with Crippen LogP contribution in [-0.2, 0) is 9.53 Å². The third-order valence-corrected chi connectivity index (χ3v) is 3.84. The number of ether oxygens (including phenoxy) is 1. The summed E-state index contributed by atoms with van der Waals surface area (Å²) < 4.78 is 5.25. The molecule has 20 heavy (non-hydrogen) atoms. The molecule has 1 saturated heterocycles. The van der Waals surface area contributed by atoms with Crippen LogP contribution in [0.1, 0.15) is 17.3 Å². The van der Waals surface area contributed by atoms with E-state index in [4.69, 9.17) is 22.1 Å². The maximum Gasteiger partial charge on any atom is 0.313 e. The number of nitrogens with one attached hydrogen (secondary N) is 1. The maximum absolute atomic E-state index is 11.3. The first-order valence-electron chi connectivity index (χ1n) is 6.01. The van der Waals surface area contributed by atoms with Crippen molar-refractivity contribution >= 4 is 29.2 Å². The average Bonchev–Trinajstić information content (AvgIpc) is 2.74. The van der Waals surface area contributed by atoms with Crippen LogP contribution in [0.4, 0.5) is 5.69 Å². The molecule has 4 N–H and O–H groups in total. The van der Waals surface area contributed by atoms with Crippen LogP contribution in [-0.4, -0.2) is 36.2 Å². The minimum atomic E-state index is -1.02. The number of benzene rings is 1. The van der Waals surface area contributed by atoms with E-state index in [0.717, 1.165) is 0 Å². The lowest BCUT2D eigenvalue weighted by atomic mass is 9.85. The summed E-state index contributed by atoms with van der Waals surface area (Å²) in [4.78, 5) is 22.4. The summed E-state index contributed by atoms with van der Waals surface area (Å²) in [6.45, 7) is 2.03. The minimum Gasteiger partial charge on any atom is -0.481 e. The molecule has 1 heterocycles. The fraction of sp³-hybridized carbons (Fsp3) is 0.385. The number of aliphatic carboxylic acids is 1. The zero-order valence-corrected chi connectivity index (χ0v) is 11.6. The highest BCUT2D eigenvalue weighted by Gasteiger charge is 2.46. The van der Waals surface area contributed by atoms with Crippen LogP contribution in [0.2, 0.25) is 5.02 Å². The summed E-state index contributed by atoms with van der Waals surface area (Å²) in [5.41, 5.74) is 4.98. The number of hydrogen-bond acceptors (Lipinski definition) is 4. The van der Waals surface area contributed by atoms with Crippen molar-refractivity contribution in [1.82, 2.24) is 0 Å². The van der Waals surface area contributed by atoms with Gasteiger partial charge >= 0.3 is 5.97 Å². The van der Waals surface area contributed by atoms with Gasteiger partial charge in [-0.2, -0.15) is 0 Å². The smallest absolute Gasteiger partial charge is 0.313 e. The zero-order valence-electron chi connectivity index (χ0n) is 10.9.